The largest absolute Gasteiger partial charge is 0.452 e. The summed E-state index contributed by atoms with van der Waals surface area (Å²) in [5.41, 5.74) is 4.00. The second-order valence-corrected chi connectivity index (χ2v) is 6.15. The van der Waals surface area contributed by atoms with Crippen LogP contribution >= 0.6 is 0 Å². The third-order valence-electron chi connectivity index (χ3n) is 3.91. The maximum atomic E-state index is 12.3. The van der Waals surface area contributed by atoms with E-state index in [-0.39, 0.29) is 5.69 Å². The molecule has 0 aromatic heterocycles. The molecular formula is C19H20N2O5. The van der Waals surface area contributed by atoms with E-state index in [4.69, 9.17) is 4.74 Å². The van der Waals surface area contributed by atoms with Crippen LogP contribution in [0.1, 0.15) is 32.6 Å². The van der Waals surface area contributed by atoms with Crippen molar-refractivity contribution < 1.29 is 19.2 Å². The molecule has 0 radical (unpaired) electrons. The first kappa shape index (κ1) is 19.1. The van der Waals surface area contributed by atoms with Gasteiger partial charge in [-0.3, -0.25) is 14.9 Å². The summed E-state index contributed by atoms with van der Waals surface area (Å²) < 4.78 is 5.11. The fourth-order valence-corrected chi connectivity index (χ4v) is 2.79. The molecule has 0 atom stereocenters. The van der Waals surface area contributed by atoms with Gasteiger partial charge in [-0.15, -0.1) is 0 Å². The lowest BCUT2D eigenvalue weighted by Gasteiger charge is -2.12. The van der Waals surface area contributed by atoms with Crippen LogP contribution in [0.25, 0.3) is 0 Å². The van der Waals surface area contributed by atoms with Gasteiger partial charge in [-0.25, -0.2) is 4.79 Å². The fraction of sp³-hybridized carbons (Fsp3) is 0.263. The van der Waals surface area contributed by atoms with Gasteiger partial charge in [-0.05, 0) is 50.5 Å². The molecule has 2 rings (SSSR count). The van der Waals surface area contributed by atoms with Crippen LogP contribution in [0.15, 0.2) is 30.3 Å². The first-order chi connectivity index (χ1) is 12.2. The number of nitrogens with one attached hydrogen (secondary N) is 1. The normalized spacial score (nSPS) is 10.3. The minimum Gasteiger partial charge on any atom is -0.452 e. The van der Waals surface area contributed by atoms with Crippen molar-refractivity contribution in [3.05, 3.63) is 68.3 Å². The topological polar surface area (TPSA) is 98.5 Å². The van der Waals surface area contributed by atoms with E-state index < -0.39 is 23.4 Å². The third-order valence-corrected chi connectivity index (χ3v) is 3.91. The van der Waals surface area contributed by atoms with Gasteiger partial charge >= 0.3 is 5.97 Å². The number of ether oxygens (including phenoxy) is 1. The molecule has 0 aliphatic rings. The van der Waals surface area contributed by atoms with Crippen LogP contribution in [0.5, 0.6) is 0 Å². The number of carbonyl (C=O) groups excluding carboxylic acids is 2. The van der Waals surface area contributed by atoms with Crippen LogP contribution in [0.3, 0.4) is 0 Å². The van der Waals surface area contributed by atoms with Crippen LogP contribution < -0.4 is 5.32 Å². The van der Waals surface area contributed by atoms with Gasteiger partial charge in [0.1, 0.15) is 0 Å². The molecule has 0 unspecified atom stereocenters. The number of anilines is 1. The molecule has 7 heteroatoms. The number of hydrogen-bond acceptors (Lipinski definition) is 5. The summed E-state index contributed by atoms with van der Waals surface area (Å²) in [7, 11) is 0. The summed E-state index contributed by atoms with van der Waals surface area (Å²) >= 11 is 0. The number of nitro groups is 1. The molecule has 1 N–H and O–H groups in total. The van der Waals surface area contributed by atoms with Gasteiger partial charge in [0.15, 0.2) is 6.61 Å². The Labute approximate surface area is 151 Å². The predicted molar refractivity (Wildman–Crippen MR) is 97.4 cm³/mol. The Morgan fingerprint density at radius 1 is 1.04 bits per heavy atom. The quantitative estimate of drug-likeness (QED) is 0.501. The van der Waals surface area contributed by atoms with Crippen molar-refractivity contribution >= 4 is 23.3 Å². The zero-order valence-electron chi connectivity index (χ0n) is 15.1. The summed E-state index contributed by atoms with van der Waals surface area (Å²) in [5.74, 6) is -1.08. The Hall–Kier alpha value is -3.22. The van der Waals surface area contributed by atoms with Crippen LogP contribution in [-0.4, -0.2) is 23.4 Å². The summed E-state index contributed by atoms with van der Waals surface area (Å²) in [6.45, 7) is 6.78. The van der Waals surface area contributed by atoms with E-state index in [9.17, 15) is 19.7 Å². The molecule has 2 aromatic rings. The van der Waals surface area contributed by atoms with Gasteiger partial charge in [0, 0.05) is 17.8 Å². The fourth-order valence-electron chi connectivity index (χ4n) is 2.79. The van der Waals surface area contributed by atoms with Crippen molar-refractivity contribution in [3.8, 4) is 0 Å². The molecule has 0 aliphatic carbocycles. The number of rotatable bonds is 5. The van der Waals surface area contributed by atoms with E-state index in [1.807, 2.05) is 32.9 Å². The maximum Gasteiger partial charge on any atom is 0.339 e. The number of carbonyl (C=O) groups is 2. The Balaban J connectivity index is 2.01. The lowest BCUT2D eigenvalue weighted by molar-refractivity contribution is -0.384. The zero-order chi connectivity index (χ0) is 19.4. The number of nitrogens with zero attached hydrogens (tertiary/aromatic N) is 1. The Kier molecular flexibility index (Phi) is 5.71. The third kappa shape index (κ3) is 4.44. The highest BCUT2D eigenvalue weighted by Crippen LogP contribution is 2.21. The number of non-ortho nitro benzene ring substituents is 1. The first-order valence-corrected chi connectivity index (χ1v) is 7.99. The van der Waals surface area contributed by atoms with E-state index in [1.54, 1.807) is 6.92 Å². The molecule has 0 heterocycles. The molecule has 0 fully saturated rings. The molecule has 0 saturated heterocycles. The molecule has 1 amide bonds. The van der Waals surface area contributed by atoms with Crippen molar-refractivity contribution in [3.63, 3.8) is 0 Å². The predicted octanol–water partition coefficient (Wildman–Crippen LogP) is 3.62. The lowest BCUT2D eigenvalue weighted by Crippen LogP contribution is -2.22. The zero-order valence-corrected chi connectivity index (χ0v) is 15.1. The SMILES string of the molecule is Cc1cc(C)c(C(=O)OCC(=O)Nc2ccc([N+](=O)[O-])cc2C)c(C)c1. The number of aryl methyl sites for hydroxylation is 4. The molecule has 7 nitrogen and oxygen atoms in total. The van der Waals surface area contributed by atoms with Crippen molar-refractivity contribution in [1.82, 2.24) is 0 Å². The van der Waals surface area contributed by atoms with E-state index in [0.29, 0.717) is 16.8 Å². The molecule has 26 heavy (non-hydrogen) atoms. The highest BCUT2D eigenvalue weighted by atomic mass is 16.6. The van der Waals surface area contributed by atoms with Gasteiger partial charge in [-0.1, -0.05) is 17.7 Å². The van der Waals surface area contributed by atoms with Gasteiger partial charge in [0.2, 0.25) is 0 Å². The second-order valence-electron chi connectivity index (χ2n) is 6.15. The van der Waals surface area contributed by atoms with Crippen LogP contribution in [0.4, 0.5) is 11.4 Å². The molecule has 0 saturated carbocycles. The number of esters is 1. The van der Waals surface area contributed by atoms with Gasteiger partial charge in [0.25, 0.3) is 11.6 Å². The highest BCUT2D eigenvalue weighted by Gasteiger charge is 2.16. The smallest absolute Gasteiger partial charge is 0.339 e. The summed E-state index contributed by atoms with van der Waals surface area (Å²) in [5, 5.41) is 13.3. The van der Waals surface area contributed by atoms with Gasteiger partial charge in [0.05, 0.1) is 10.5 Å². The standard InChI is InChI=1S/C19H20N2O5/c1-11-7-13(3)18(14(4)8-11)19(23)26-10-17(22)20-16-6-5-15(21(24)25)9-12(16)2/h5-9H,10H2,1-4H3,(H,20,22). The second kappa shape index (κ2) is 7.77. The lowest BCUT2D eigenvalue weighted by atomic mass is 10.00. The summed E-state index contributed by atoms with van der Waals surface area (Å²) in [4.78, 5) is 34.5. The van der Waals surface area contributed by atoms with E-state index in [1.165, 1.54) is 18.2 Å². The summed E-state index contributed by atoms with van der Waals surface area (Å²) in [6, 6.07) is 7.86. The van der Waals surface area contributed by atoms with E-state index in [0.717, 1.165) is 16.7 Å². The van der Waals surface area contributed by atoms with Crippen LogP contribution in [-0.2, 0) is 9.53 Å². The van der Waals surface area contributed by atoms with Crippen molar-refractivity contribution in [2.75, 3.05) is 11.9 Å². The monoisotopic (exact) mass is 356 g/mol. The number of benzene rings is 2. The number of nitro benzene ring substituents is 1. The Morgan fingerprint density at radius 2 is 1.65 bits per heavy atom. The molecule has 0 aliphatic heterocycles. The molecule has 136 valence electrons. The summed E-state index contributed by atoms with van der Waals surface area (Å²) in [6.07, 6.45) is 0. The maximum absolute atomic E-state index is 12.3. The molecule has 2 aromatic carbocycles. The highest BCUT2D eigenvalue weighted by molar-refractivity contribution is 5.97. The van der Waals surface area contributed by atoms with Crippen molar-refractivity contribution in [2.24, 2.45) is 0 Å². The molecule has 0 bridgehead atoms. The van der Waals surface area contributed by atoms with Crippen molar-refractivity contribution in [2.45, 2.75) is 27.7 Å². The molecule has 0 spiro atoms. The Morgan fingerprint density at radius 3 is 2.19 bits per heavy atom. The first-order valence-electron chi connectivity index (χ1n) is 7.99. The van der Waals surface area contributed by atoms with E-state index >= 15 is 0 Å². The Bertz CT molecular complexity index is 866. The average Bonchev–Trinajstić information content (AvgIpc) is 2.53. The average molecular weight is 356 g/mol. The minimum absolute atomic E-state index is 0.0581. The van der Waals surface area contributed by atoms with Crippen molar-refractivity contribution in [1.29, 1.82) is 0 Å². The van der Waals surface area contributed by atoms with Crippen LogP contribution in [0, 0.1) is 37.8 Å². The minimum atomic E-state index is -0.560. The number of hydrogen-bond donors (Lipinski definition) is 1. The molecular weight excluding hydrogens is 336 g/mol. The van der Waals surface area contributed by atoms with Gasteiger partial charge < -0.3 is 10.1 Å². The van der Waals surface area contributed by atoms with Crippen LogP contribution in [0.2, 0.25) is 0 Å². The van der Waals surface area contributed by atoms with Gasteiger partial charge in [-0.2, -0.15) is 0 Å². The number of amides is 1. The van der Waals surface area contributed by atoms with E-state index in [2.05, 4.69) is 5.32 Å².